The molecule has 0 saturated carbocycles. The second kappa shape index (κ2) is 8.71. The van der Waals surface area contributed by atoms with Crippen molar-refractivity contribution in [2.24, 2.45) is 0 Å². The summed E-state index contributed by atoms with van der Waals surface area (Å²) in [7, 11) is 1.55. The van der Waals surface area contributed by atoms with Crippen LogP contribution in [-0.2, 0) is 6.54 Å². The van der Waals surface area contributed by atoms with Gasteiger partial charge in [0.15, 0.2) is 0 Å². The van der Waals surface area contributed by atoms with E-state index in [-0.39, 0.29) is 18.0 Å². The van der Waals surface area contributed by atoms with Crippen molar-refractivity contribution < 1.29 is 9.53 Å². The van der Waals surface area contributed by atoms with Crippen molar-refractivity contribution in [1.82, 2.24) is 4.98 Å². The Hall–Kier alpha value is -3.86. The third-order valence-corrected chi connectivity index (χ3v) is 5.63. The number of methoxy groups -OCH3 is 1. The lowest BCUT2D eigenvalue weighted by atomic mass is 10.1. The molecule has 0 radical (unpaired) electrons. The molecule has 32 heavy (non-hydrogen) atoms. The zero-order valence-electron chi connectivity index (χ0n) is 18.7. The summed E-state index contributed by atoms with van der Waals surface area (Å²) in [5.41, 5.74) is 5.47. The first kappa shape index (κ1) is 21.4. The van der Waals surface area contributed by atoms with E-state index in [1.807, 2.05) is 75.4 Å². The molecule has 1 N–H and O–H groups in total. The van der Waals surface area contributed by atoms with Crippen LogP contribution < -0.4 is 15.2 Å². The summed E-state index contributed by atoms with van der Waals surface area (Å²) in [5.74, 6) is 0.272. The van der Waals surface area contributed by atoms with Crippen molar-refractivity contribution in [3.8, 4) is 5.75 Å². The first-order valence-electron chi connectivity index (χ1n) is 10.5. The summed E-state index contributed by atoms with van der Waals surface area (Å²) < 4.78 is 5.43. The maximum absolute atomic E-state index is 13.7. The minimum atomic E-state index is -0.224. The number of ether oxygens (including phenoxy) is 1. The predicted molar refractivity (Wildman–Crippen MR) is 129 cm³/mol. The number of pyridine rings is 1. The van der Waals surface area contributed by atoms with Crippen LogP contribution >= 0.6 is 0 Å². The van der Waals surface area contributed by atoms with Crippen molar-refractivity contribution in [3.63, 3.8) is 0 Å². The lowest BCUT2D eigenvalue weighted by Crippen LogP contribution is -2.33. The summed E-state index contributed by atoms with van der Waals surface area (Å²) in [4.78, 5) is 31.2. The van der Waals surface area contributed by atoms with E-state index in [2.05, 4.69) is 4.98 Å². The van der Waals surface area contributed by atoms with Gasteiger partial charge in [-0.25, -0.2) is 0 Å². The topological polar surface area (TPSA) is 62.4 Å². The molecule has 0 aliphatic carbocycles. The van der Waals surface area contributed by atoms with Gasteiger partial charge in [-0.1, -0.05) is 41.5 Å². The number of nitrogens with zero attached hydrogens (tertiary/aromatic N) is 1. The van der Waals surface area contributed by atoms with Crippen molar-refractivity contribution in [3.05, 3.63) is 105 Å². The van der Waals surface area contributed by atoms with E-state index in [0.717, 1.165) is 33.3 Å². The smallest absolute Gasteiger partial charge is 0.262 e. The van der Waals surface area contributed by atoms with Crippen LogP contribution in [0.3, 0.4) is 0 Å². The zero-order valence-corrected chi connectivity index (χ0v) is 18.7. The minimum absolute atomic E-state index is 0.139. The Morgan fingerprint density at radius 3 is 2.41 bits per heavy atom. The SMILES string of the molecule is COc1ccccc1C(=O)N(Cc1cc2cc(C)ccc2[nH]c1=O)c1ccc(C)cc1C. The van der Waals surface area contributed by atoms with Crippen molar-refractivity contribution in [2.45, 2.75) is 27.3 Å². The van der Waals surface area contributed by atoms with Crippen LogP contribution in [0.25, 0.3) is 10.9 Å². The number of hydrogen-bond donors (Lipinski definition) is 1. The fourth-order valence-electron chi connectivity index (χ4n) is 4.00. The normalized spacial score (nSPS) is 10.9. The van der Waals surface area contributed by atoms with E-state index in [1.54, 1.807) is 24.1 Å². The van der Waals surface area contributed by atoms with E-state index in [4.69, 9.17) is 4.74 Å². The summed E-state index contributed by atoms with van der Waals surface area (Å²) in [6.45, 7) is 6.13. The molecule has 0 unspecified atom stereocenters. The number of H-pyrrole nitrogens is 1. The summed E-state index contributed by atoms with van der Waals surface area (Å²) in [6.07, 6.45) is 0. The van der Waals surface area contributed by atoms with Crippen molar-refractivity contribution >= 4 is 22.5 Å². The number of fused-ring (bicyclic) bond motifs is 1. The average Bonchev–Trinajstić information content (AvgIpc) is 2.78. The molecule has 0 saturated heterocycles. The van der Waals surface area contributed by atoms with E-state index in [9.17, 15) is 9.59 Å². The van der Waals surface area contributed by atoms with E-state index < -0.39 is 0 Å². The van der Waals surface area contributed by atoms with Gasteiger partial charge in [-0.2, -0.15) is 0 Å². The van der Waals surface area contributed by atoms with Gasteiger partial charge in [0.25, 0.3) is 11.5 Å². The number of aromatic nitrogens is 1. The molecule has 4 aromatic rings. The molecule has 162 valence electrons. The number of anilines is 1. The lowest BCUT2D eigenvalue weighted by Gasteiger charge is -2.25. The van der Waals surface area contributed by atoms with Crippen LogP contribution in [0.2, 0.25) is 0 Å². The van der Waals surface area contributed by atoms with Crippen LogP contribution in [0.5, 0.6) is 5.75 Å². The average molecular weight is 427 g/mol. The van der Waals surface area contributed by atoms with Gasteiger partial charge in [-0.15, -0.1) is 0 Å². The number of carbonyl (C=O) groups excluding carboxylic acids is 1. The monoisotopic (exact) mass is 426 g/mol. The largest absolute Gasteiger partial charge is 0.496 e. The molecule has 0 aliphatic rings. The number of hydrogen-bond acceptors (Lipinski definition) is 3. The molecular formula is C27H26N2O3. The fourth-order valence-corrected chi connectivity index (χ4v) is 4.00. The second-order valence-corrected chi connectivity index (χ2v) is 8.10. The van der Waals surface area contributed by atoms with Gasteiger partial charge in [-0.3, -0.25) is 9.59 Å². The maximum Gasteiger partial charge on any atom is 0.262 e. The highest BCUT2D eigenvalue weighted by Gasteiger charge is 2.23. The van der Waals surface area contributed by atoms with Gasteiger partial charge < -0.3 is 14.6 Å². The number of rotatable bonds is 5. The molecule has 3 aromatic carbocycles. The van der Waals surface area contributed by atoms with Crippen LogP contribution in [0, 0.1) is 20.8 Å². The number of benzene rings is 3. The number of para-hydroxylation sites is 1. The fraction of sp³-hybridized carbons (Fsp3) is 0.185. The number of nitrogens with one attached hydrogen (secondary N) is 1. The van der Waals surface area contributed by atoms with Gasteiger partial charge >= 0.3 is 0 Å². The van der Waals surface area contributed by atoms with Crippen molar-refractivity contribution in [2.75, 3.05) is 12.0 Å². The Kier molecular flexibility index (Phi) is 5.82. The second-order valence-electron chi connectivity index (χ2n) is 8.10. The lowest BCUT2D eigenvalue weighted by molar-refractivity contribution is 0.0982. The van der Waals surface area contributed by atoms with Gasteiger partial charge in [0, 0.05) is 16.8 Å². The van der Waals surface area contributed by atoms with E-state index >= 15 is 0 Å². The number of aromatic amines is 1. The number of amides is 1. The minimum Gasteiger partial charge on any atom is -0.496 e. The Morgan fingerprint density at radius 1 is 0.938 bits per heavy atom. The molecule has 0 bridgehead atoms. The molecule has 0 atom stereocenters. The van der Waals surface area contributed by atoms with Crippen molar-refractivity contribution in [1.29, 1.82) is 0 Å². The molecule has 1 amide bonds. The summed E-state index contributed by atoms with van der Waals surface area (Å²) in [6, 6.07) is 20.8. The summed E-state index contributed by atoms with van der Waals surface area (Å²) in [5, 5.41) is 0.935. The Morgan fingerprint density at radius 2 is 1.66 bits per heavy atom. The van der Waals surface area contributed by atoms with E-state index in [0.29, 0.717) is 16.9 Å². The van der Waals surface area contributed by atoms with Crippen LogP contribution in [0.4, 0.5) is 5.69 Å². The number of aryl methyl sites for hydroxylation is 3. The third-order valence-electron chi connectivity index (χ3n) is 5.63. The highest BCUT2D eigenvalue weighted by Crippen LogP contribution is 2.28. The van der Waals surface area contributed by atoms with E-state index in [1.165, 1.54) is 0 Å². The Balaban J connectivity index is 1.85. The highest BCUT2D eigenvalue weighted by atomic mass is 16.5. The maximum atomic E-state index is 13.7. The zero-order chi connectivity index (χ0) is 22.8. The Bertz CT molecular complexity index is 1370. The highest BCUT2D eigenvalue weighted by molar-refractivity contribution is 6.08. The molecule has 5 heteroatoms. The van der Waals surface area contributed by atoms with Crippen LogP contribution in [0.15, 0.2) is 71.5 Å². The molecule has 4 rings (SSSR count). The molecule has 5 nitrogen and oxygen atoms in total. The summed E-state index contributed by atoms with van der Waals surface area (Å²) >= 11 is 0. The van der Waals surface area contributed by atoms with Gasteiger partial charge in [0.05, 0.1) is 19.2 Å². The van der Waals surface area contributed by atoms with Gasteiger partial charge in [0.1, 0.15) is 5.75 Å². The molecule has 1 aromatic heterocycles. The van der Waals surface area contributed by atoms with Gasteiger partial charge in [-0.05, 0) is 68.1 Å². The molecule has 0 fully saturated rings. The molecule has 1 heterocycles. The first-order chi connectivity index (χ1) is 15.4. The molecular weight excluding hydrogens is 400 g/mol. The third kappa shape index (κ3) is 4.14. The number of carbonyl (C=O) groups is 1. The Labute approximate surface area is 187 Å². The molecule has 0 aliphatic heterocycles. The predicted octanol–water partition coefficient (Wildman–Crippen LogP) is 5.31. The standard InChI is InChI=1S/C27H26N2O3/c1-17-10-12-24(19(3)13-17)29(27(31)22-7-5-6-8-25(22)32-4)16-21-15-20-14-18(2)9-11-23(20)28-26(21)30/h5-15H,16H2,1-4H3,(H,28,30). The van der Waals surface area contributed by atoms with Crippen LogP contribution in [0.1, 0.15) is 32.6 Å². The first-order valence-corrected chi connectivity index (χ1v) is 10.5. The molecule has 0 spiro atoms. The quantitative estimate of drug-likeness (QED) is 0.470. The van der Waals surface area contributed by atoms with Crippen LogP contribution in [-0.4, -0.2) is 18.0 Å². The van der Waals surface area contributed by atoms with Gasteiger partial charge in [0.2, 0.25) is 0 Å².